The summed E-state index contributed by atoms with van der Waals surface area (Å²) in [5.74, 6) is -0.265. The number of fused-ring (bicyclic) bond motifs is 1. The molecule has 1 unspecified atom stereocenters. The van der Waals surface area contributed by atoms with E-state index in [2.05, 4.69) is 17.3 Å². The van der Waals surface area contributed by atoms with E-state index in [4.69, 9.17) is 4.42 Å². The van der Waals surface area contributed by atoms with Gasteiger partial charge in [0.25, 0.3) is 0 Å². The molecule has 0 radical (unpaired) electrons. The lowest BCUT2D eigenvalue weighted by molar-refractivity contribution is 0.286. The minimum absolute atomic E-state index is 0.265. The van der Waals surface area contributed by atoms with Gasteiger partial charge in [-0.25, -0.2) is 4.79 Å². The third-order valence-electron chi connectivity index (χ3n) is 3.97. The Morgan fingerprint density at radius 3 is 3.10 bits per heavy atom. The van der Waals surface area contributed by atoms with Crippen LogP contribution in [0.5, 0.6) is 0 Å². The zero-order valence-electron chi connectivity index (χ0n) is 11.8. The van der Waals surface area contributed by atoms with Crippen molar-refractivity contribution in [2.45, 2.75) is 25.4 Å². The van der Waals surface area contributed by atoms with Crippen LogP contribution in [0.3, 0.4) is 0 Å². The van der Waals surface area contributed by atoms with Crippen molar-refractivity contribution in [1.29, 1.82) is 0 Å². The molecule has 1 atom stereocenters. The lowest BCUT2D eigenvalue weighted by Gasteiger charge is -2.20. The minimum atomic E-state index is -0.265. The molecule has 0 spiro atoms. The fourth-order valence-corrected chi connectivity index (χ4v) is 2.88. The van der Waals surface area contributed by atoms with Crippen molar-refractivity contribution >= 4 is 11.1 Å². The lowest BCUT2D eigenvalue weighted by atomic mass is 10.2. The topological polar surface area (TPSA) is 50.4 Å². The molecule has 1 saturated heterocycles. The summed E-state index contributed by atoms with van der Waals surface area (Å²) < 4.78 is 6.96. The van der Waals surface area contributed by atoms with E-state index in [1.54, 1.807) is 4.57 Å². The number of benzene rings is 1. The Balaban J connectivity index is 1.64. The molecule has 1 aliphatic heterocycles. The van der Waals surface area contributed by atoms with Gasteiger partial charge in [0.15, 0.2) is 5.58 Å². The summed E-state index contributed by atoms with van der Waals surface area (Å²) in [5.41, 5.74) is 1.54. The summed E-state index contributed by atoms with van der Waals surface area (Å²) >= 11 is 0. The smallest absolute Gasteiger partial charge is 0.408 e. The van der Waals surface area contributed by atoms with E-state index >= 15 is 0 Å². The Morgan fingerprint density at radius 2 is 2.30 bits per heavy atom. The van der Waals surface area contributed by atoms with Crippen LogP contribution in [0.4, 0.5) is 0 Å². The van der Waals surface area contributed by atoms with Crippen molar-refractivity contribution in [3.8, 4) is 0 Å². The van der Waals surface area contributed by atoms with Crippen LogP contribution in [0.1, 0.15) is 12.8 Å². The SMILES string of the molecule is CN(CCn1c(=O)oc2ccccc21)CC1CCCN1. The van der Waals surface area contributed by atoms with Gasteiger partial charge in [0.1, 0.15) is 0 Å². The molecule has 1 aromatic carbocycles. The highest BCUT2D eigenvalue weighted by Gasteiger charge is 2.16. The van der Waals surface area contributed by atoms with Gasteiger partial charge in [-0.2, -0.15) is 0 Å². The minimum Gasteiger partial charge on any atom is -0.408 e. The van der Waals surface area contributed by atoms with Crippen LogP contribution in [0, 0.1) is 0 Å². The van der Waals surface area contributed by atoms with Gasteiger partial charge in [-0.1, -0.05) is 12.1 Å². The first kappa shape index (κ1) is 13.4. The molecule has 5 nitrogen and oxygen atoms in total. The second-order valence-electron chi connectivity index (χ2n) is 5.54. The average molecular weight is 275 g/mol. The molecule has 1 fully saturated rings. The van der Waals surface area contributed by atoms with Gasteiger partial charge in [0, 0.05) is 25.7 Å². The van der Waals surface area contributed by atoms with E-state index in [1.807, 2.05) is 24.3 Å². The van der Waals surface area contributed by atoms with E-state index in [-0.39, 0.29) is 5.76 Å². The van der Waals surface area contributed by atoms with Crippen LogP contribution in [-0.2, 0) is 6.54 Å². The maximum absolute atomic E-state index is 11.9. The molecule has 1 aliphatic rings. The van der Waals surface area contributed by atoms with Gasteiger partial charge < -0.3 is 14.6 Å². The molecular formula is C15H21N3O2. The Bertz CT molecular complexity index is 625. The Labute approximate surface area is 118 Å². The van der Waals surface area contributed by atoms with Gasteiger partial charge in [0.05, 0.1) is 5.52 Å². The van der Waals surface area contributed by atoms with Gasteiger partial charge in [-0.3, -0.25) is 4.57 Å². The van der Waals surface area contributed by atoms with Crippen molar-refractivity contribution in [3.63, 3.8) is 0 Å². The van der Waals surface area contributed by atoms with E-state index in [9.17, 15) is 4.79 Å². The van der Waals surface area contributed by atoms with Crippen molar-refractivity contribution in [2.75, 3.05) is 26.7 Å². The van der Waals surface area contributed by atoms with E-state index in [1.165, 1.54) is 12.8 Å². The maximum atomic E-state index is 11.9. The van der Waals surface area contributed by atoms with E-state index in [0.717, 1.165) is 25.2 Å². The van der Waals surface area contributed by atoms with Crippen molar-refractivity contribution in [1.82, 2.24) is 14.8 Å². The molecular weight excluding hydrogens is 254 g/mol. The standard InChI is InChI=1S/C15H21N3O2/c1-17(11-12-5-4-8-16-12)9-10-18-13-6-2-3-7-14(13)20-15(18)19/h2-3,6-7,12,16H,4-5,8-11H2,1H3. The normalized spacial score (nSPS) is 19.2. The number of hydrogen-bond acceptors (Lipinski definition) is 4. The van der Waals surface area contributed by atoms with Gasteiger partial charge >= 0.3 is 5.76 Å². The Kier molecular flexibility index (Phi) is 3.89. The zero-order valence-corrected chi connectivity index (χ0v) is 11.8. The third kappa shape index (κ3) is 2.78. The number of rotatable bonds is 5. The number of hydrogen-bond donors (Lipinski definition) is 1. The first-order valence-electron chi connectivity index (χ1n) is 7.24. The number of nitrogens with zero attached hydrogens (tertiary/aromatic N) is 2. The third-order valence-corrected chi connectivity index (χ3v) is 3.97. The summed E-state index contributed by atoms with van der Waals surface area (Å²) in [6.45, 7) is 3.68. The fourth-order valence-electron chi connectivity index (χ4n) is 2.88. The second kappa shape index (κ2) is 5.81. The molecule has 3 rings (SSSR count). The van der Waals surface area contributed by atoms with Gasteiger partial charge in [0.2, 0.25) is 0 Å². The molecule has 1 N–H and O–H groups in total. The number of nitrogens with one attached hydrogen (secondary N) is 1. The highest BCUT2D eigenvalue weighted by Crippen LogP contribution is 2.12. The highest BCUT2D eigenvalue weighted by atomic mass is 16.4. The van der Waals surface area contributed by atoms with Crippen LogP contribution in [0.15, 0.2) is 33.5 Å². The van der Waals surface area contributed by atoms with Gasteiger partial charge in [-0.05, 0) is 38.6 Å². The second-order valence-corrected chi connectivity index (χ2v) is 5.54. The van der Waals surface area contributed by atoms with Crippen LogP contribution in [0.2, 0.25) is 0 Å². The van der Waals surface area contributed by atoms with E-state index < -0.39 is 0 Å². The van der Waals surface area contributed by atoms with E-state index in [0.29, 0.717) is 18.2 Å². The molecule has 0 saturated carbocycles. The van der Waals surface area contributed by atoms with Crippen molar-refractivity contribution in [2.24, 2.45) is 0 Å². The summed E-state index contributed by atoms with van der Waals surface area (Å²) in [6.07, 6.45) is 2.52. The molecule has 5 heteroatoms. The van der Waals surface area contributed by atoms with Crippen LogP contribution in [-0.4, -0.2) is 42.2 Å². The molecule has 2 heterocycles. The predicted octanol–water partition coefficient (Wildman–Crippen LogP) is 1.28. The Hall–Kier alpha value is -1.59. The molecule has 1 aromatic heterocycles. The largest absolute Gasteiger partial charge is 0.419 e. The molecule has 108 valence electrons. The highest BCUT2D eigenvalue weighted by molar-refractivity contribution is 5.72. The summed E-state index contributed by atoms with van der Waals surface area (Å²) in [6, 6.07) is 8.17. The monoisotopic (exact) mass is 275 g/mol. The van der Waals surface area contributed by atoms with Crippen LogP contribution < -0.4 is 11.1 Å². The van der Waals surface area contributed by atoms with Crippen molar-refractivity contribution < 1.29 is 4.42 Å². The predicted molar refractivity (Wildman–Crippen MR) is 79.0 cm³/mol. The quantitative estimate of drug-likeness (QED) is 0.893. The molecule has 0 bridgehead atoms. The summed E-state index contributed by atoms with van der Waals surface area (Å²) in [4.78, 5) is 14.1. The molecule has 0 amide bonds. The number of para-hydroxylation sites is 2. The number of oxazole rings is 1. The number of aromatic nitrogens is 1. The zero-order chi connectivity index (χ0) is 13.9. The van der Waals surface area contributed by atoms with Crippen LogP contribution in [0.25, 0.3) is 11.1 Å². The summed E-state index contributed by atoms with van der Waals surface area (Å²) in [5, 5.41) is 3.49. The number of likely N-dealkylation sites (N-methyl/N-ethyl adjacent to an activating group) is 1. The first-order valence-corrected chi connectivity index (χ1v) is 7.24. The Morgan fingerprint density at radius 1 is 1.45 bits per heavy atom. The van der Waals surface area contributed by atoms with Gasteiger partial charge in [-0.15, -0.1) is 0 Å². The fraction of sp³-hybridized carbons (Fsp3) is 0.533. The molecule has 2 aromatic rings. The van der Waals surface area contributed by atoms with Crippen molar-refractivity contribution in [3.05, 3.63) is 34.8 Å². The average Bonchev–Trinajstić information content (AvgIpc) is 3.03. The molecule has 20 heavy (non-hydrogen) atoms. The lowest BCUT2D eigenvalue weighted by Crippen LogP contribution is -2.37. The summed E-state index contributed by atoms with van der Waals surface area (Å²) in [7, 11) is 2.10. The first-order chi connectivity index (χ1) is 9.74. The van der Waals surface area contributed by atoms with Crippen LogP contribution >= 0.6 is 0 Å². The molecule has 0 aliphatic carbocycles. The maximum Gasteiger partial charge on any atom is 0.419 e.